The lowest BCUT2D eigenvalue weighted by Gasteiger charge is -2.20. The summed E-state index contributed by atoms with van der Waals surface area (Å²) >= 11 is 0. The summed E-state index contributed by atoms with van der Waals surface area (Å²) in [5, 5.41) is 3.30. The van der Waals surface area contributed by atoms with Crippen molar-refractivity contribution in [3.05, 3.63) is 71.3 Å². The first-order chi connectivity index (χ1) is 9.70. The van der Waals surface area contributed by atoms with Gasteiger partial charge in [-0.3, -0.25) is 0 Å². The predicted octanol–water partition coefficient (Wildman–Crippen LogP) is 4.25. The van der Waals surface area contributed by atoms with Crippen LogP contribution >= 0.6 is 0 Å². The van der Waals surface area contributed by atoms with Crippen LogP contribution in [0.1, 0.15) is 30.5 Å². The maximum Gasteiger partial charge on any atom is 0.128 e. The molecule has 20 heavy (non-hydrogen) atoms. The standard InChI is InChI=1S/C17H19F2N/c1-2-10-20-17(11-13-6-4-3-5-7-13)15-12-14(18)8-9-16(15)19/h3-9,12,17,20H,2,10-11H2,1H3. The molecule has 3 heteroatoms. The molecule has 0 radical (unpaired) electrons. The third-order valence-electron chi connectivity index (χ3n) is 3.26. The Morgan fingerprint density at radius 3 is 2.50 bits per heavy atom. The summed E-state index contributed by atoms with van der Waals surface area (Å²) in [5.74, 6) is -0.770. The van der Waals surface area contributed by atoms with Crippen molar-refractivity contribution in [3.63, 3.8) is 0 Å². The molecule has 0 heterocycles. The number of rotatable bonds is 6. The van der Waals surface area contributed by atoms with Gasteiger partial charge < -0.3 is 5.32 Å². The monoisotopic (exact) mass is 275 g/mol. The first kappa shape index (κ1) is 14.7. The average molecular weight is 275 g/mol. The maximum absolute atomic E-state index is 13.9. The fourth-order valence-corrected chi connectivity index (χ4v) is 2.24. The van der Waals surface area contributed by atoms with Crippen molar-refractivity contribution >= 4 is 0 Å². The van der Waals surface area contributed by atoms with Crippen LogP contribution in [0.2, 0.25) is 0 Å². The molecule has 106 valence electrons. The minimum absolute atomic E-state index is 0.215. The van der Waals surface area contributed by atoms with E-state index in [1.807, 2.05) is 30.3 Å². The zero-order valence-electron chi connectivity index (χ0n) is 11.6. The maximum atomic E-state index is 13.9. The lowest BCUT2D eigenvalue weighted by Crippen LogP contribution is -2.25. The Bertz CT molecular complexity index is 540. The minimum atomic E-state index is -0.405. The van der Waals surface area contributed by atoms with Crippen molar-refractivity contribution in [1.82, 2.24) is 5.32 Å². The van der Waals surface area contributed by atoms with Gasteiger partial charge in [-0.2, -0.15) is 0 Å². The van der Waals surface area contributed by atoms with Crippen LogP contribution in [0.15, 0.2) is 48.5 Å². The van der Waals surface area contributed by atoms with Gasteiger partial charge in [0, 0.05) is 11.6 Å². The van der Waals surface area contributed by atoms with Crippen LogP contribution in [0.5, 0.6) is 0 Å². The Morgan fingerprint density at radius 1 is 1.05 bits per heavy atom. The highest BCUT2D eigenvalue weighted by molar-refractivity contribution is 5.26. The van der Waals surface area contributed by atoms with Gasteiger partial charge in [0.1, 0.15) is 11.6 Å². The summed E-state index contributed by atoms with van der Waals surface area (Å²) in [7, 11) is 0. The molecule has 2 aromatic rings. The van der Waals surface area contributed by atoms with Gasteiger partial charge in [-0.05, 0) is 43.1 Å². The van der Waals surface area contributed by atoms with E-state index in [0.717, 1.165) is 24.6 Å². The van der Waals surface area contributed by atoms with Crippen LogP contribution in [0.25, 0.3) is 0 Å². The van der Waals surface area contributed by atoms with Crippen LogP contribution < -0.4 is 5.32 Å². The van der Waals surface area contributed by atoms with Gasteiger partial charge in [0.15, 0.2) is 0 Å². The van der Waals surface area contributed by atoms with E-state index in [1.54, 1.807) is 0 Å². The summed E-state index contributed by atoms with van der Waals surface area (Å²) in [4.78, 5) is 0. The zero-order chi connectivity index (χ0) is 14.4. The molecule has 0 amide bonds. The van der Waals surface area contributed by atoms with E-state index >= 15 is 0 Å². The Kier molecular flexibility index (Phi) is 5.24. The first-order valence-corrected chi connectivity index (χ1v) is 6.93. The topological polar surface area (TPSA) is 12.0 Å². The van der Waals surface area contributed by atoms with Crippen molar-refractivity contribution in [3.8, 4) is 0 Å². The largest absolute Gasteiger partial charge is 0.310 e. The summed E-state index contributed by atoms with van der Waals surface area (Å²) in [6.07, 6.45) is 1.59. The highest BCUT2D eigenvalue weighted by atomic mass is 19.1. The third kappa shape index (κ3) is 3.87. The molecule has 2 rings (SSSR count). The molecule has 0 bridgehead atoms. The van der Waals surface area contributed by atoms with Gasteiger partial charge in [0.2, 0.25) is 0 Å². The number of nitrogens with one attached hydrogen (secondary N) is 1. The second kappa shape index (κ2) is 7.15. The number of hydrogen-bond donors (Lipinski definition) is 1. The summed E-state index contributed by atoms with van der Waals surface area (Å²) in [6, 6.07) is 13.3. The molecule has 0 aliphatic carbocycles. The smallest absolute Gasteiger partial charge is 0.128 e. The minimum Gasteiger partial charge on any atom is -0.310 e. The fourth-order valence-electron chi connectivity index (χ4n) is 2.24. The predicted molar refractivity (Wildman–Crippen MR) is 77.5 cm³/mol. The van der Waals surface area contributed by atoms with E-state index < -0.39 is 5.82 Å². The van der Waals surface area contributed by atoms with E-state index in [9.17, 15) is 8.78 Å². The highest BCUT2D eigenvalue weighted by Gasteiger charge is 2.16. The van der Waals surface area contributed by atoms with Gasteiger partial charge in [-0.1, -0.05) is 37.3 Å². The van der Waals surface area contributed by atoms with Gasteiger partial charge in [-0.15, -0.1) is 0 Å². The van der Waals surface area contributed by atoms with E-state index in [2.05, 4.69) is 12.2 Å². The molecule has 1 unspecified atom stereocenters. The molecular weight excluding hydrogens is 256 g/mol. The molecule has 1 atom stereocenters. The highest BCUT2D eigenvalue weighted by Crippen LogP contribution is 2.22. The van der Waals surface area contributed by atoms with E-state index in [4.69, 9.17) is 0 Å². The second-order valence-corrected chi connectivity index (χ2v) is 4.86. The number of halogens is 2. The second-order valence-electron chi connectivity index (χ2n) is 4.86. The van der Waals surface area contributed by atoms with Crippen molar-refractivity contribution < 1.29 is 8.78 Å². The normalized spacial score (nSPS) is 12.3. The van der Waals surface area contributed by atoms with E-state index in [0.29, 0.717) is 12.0 Å². The van der Waals surface area contributed by atoms with Crippen LogP contribution in [-0.4, -0.2) is 6.54 Å². The van der Waals surface area contributed by atoms with E-state index in [1.165, 1.54) is 12.1 Å². The summed E-state index contributed by atoms with van der Waals surface area (Å²) < 4.78 is 27.3. The molecule has 0 saturated carbocycles. The molecule has 0 aromatic heterocycles. The quantitative estimate of drug-likeness (QED) is 0.831. The van der Waals surface area contributed by atoms with Gasteiger partial charge in [-0.25, -0.2) is 8.78 Å². The fraction of sp³-hybridized carbons (Fsp3) is 0.294. The lowest BCUT2D eigenvalue weighted by atomic mass is 9.98. The van der Waals surface area contributed by atoms with Crippen molar-refractivity contribution in [2.45, 2.75) is 25.8 Å². The van der Waals surface area contributed by atoms with Crippen LogP contribution in [0, 0.1) is 11.6 Å². The molecular formula is C17H19F2N. The molecule has 1 nitrogen and oxygen atoms in total. The summed E-state index contributed by atoms with van der Waals surface area (Å²) in [5.41, 5.74) is 1.49. The third-order valence-corrected chi connectivity index (χ3v) is 3.26. The molecule has 1 N–H and O–H groups in total. The Balaban J connectivity index is 2.24. The summed E-state index contributed by atoms with van der Waals surface area (Å²) in [6.45, 7) is 2.82. The van der Waals surface area contributed by atoms with Gasteiger partial charge in [0.05, 0.1) is 0 Å². The molecule has 0 fully saturated rings. The lowest BCUT2D eigenvalue weighted by molar-refractivity contribution is 0.490. The Labute approximate surface area is 118 Å². The van der Waals surface area contributed by atoms with Gasteiger partial charge in [0.25, 0.3) is 0 Å². The number of hydrogen-bond acceptors (Lipinski definition) is 1. The molecule has 0 aliphatic heterocycles. The van der Waals surface area contributed by atoms with Crippen LogP contribution in [-0.2, 0) is 6.42 Å². The molecule has 0 saturated heterocycles. The average Bonchev–Trinajstić information content (AvgIpc) is 2.47. The van der Waals surface area contributed by atoms with Crippen molar-refractivity contribution in [1.29, 1.82) is 0 Å². The van der Waals surface area contributed by atoms with E-state index in [-0.39, 0.29) is 11.9 Å². The molecule has 2 aromatic carbocycles. The van der Waals surface area contributed by atoms with Crippen molar-refractivity contribution in [2.24, 2.45) is 0 Å². The first-order valence-electron chi connectivity index (χ1n) is 6.93. The van der Waals surface area contributed by atoms with Crippen molar-refractivity contribution in [2.75, 3.05) is 6.54 Å². The van der Waals surface area contributed by atoms with Crippen LogP contribution in [0.4, 0.5) is 8.78 Å². The molecule has 0 spiro atoms. The Hall–Kier alpha value is -1.74. The SMILES string of the molecule is CCCNC(Cc1ccccc1)c1cc(F)ccc1F. The number of benzene rings is 2. The van der Waals surface area contributed by atoms with Gasteiger partial charge >= 0.3 is 0 Å². The zero-order valence-corrected chi connectivity index (χ0v) is 11.6. The Morgan fingerprint density at radius 2 is 1.80 bits per heavy atom. The molecule has 0 aliphatic rings. The van der Waals surface area contributed by atoms with Crippen LogP contribution in [0.3, 0.4) is 0 Å².